The van der Waals surface area contributed by atoms with Crippen LogP contribution in [-0.4, -0.2) is 14.5 Å². The van der Waals surface area contributed by atoms with E-state index in [9.17, 15) is 0 Å². The maximum atomic E-state index is 4.32. The van der Waals surface area contributed by atoms with Gasteiger partial charge in [0.25, 0.3) is 0 Å². The van der Waals surface area contributed by atoms with Crippen LogP contribution in [0.2, 0.25) is 0 Å². The summed E-state index contributed by atoms with van der Waals surface area (Å²) in [6, 6.07) is 8.54. The Bertz CT molecular complexity index is 905. The summed E-state index contributed by atoms with van der Waals surface area (Å²) in [4.78, 5) is 9.90. The molecule has 0 saturated heterocycles. The summed E-state index contributed by atoms with van der Waals surface area (Å²) in [5.41, 5.74) is 6.51. The van der Waals surface area contributed by atoms with Gasteiger partial charge in [-0.05, 0) is 63.5 Å². The Kier molecular flexibility index (Phi) is 10.2. The molecule has 3 aromatic rings. The molecule has 4 heteroatoms. The van der Waals surface area contributed by atoms with E-state index < -0.39 is 0 Å². The number of benzene rings is 1. The van der Waals surface area contributed by atoms with E-state index in [2.05, 4.69) is 108 Å². The van der Waals surface area contributed by atoms with E-state index in [1.165, 1.54) is 21.7 Å². The molecule has 0 saturated carbocycles. The second kappa shape index (κ2) is 11.6. The van der Waals surface area contributed by atoms with Crippen LogP contribution in [0.1, 0.15) is 95.8 Å². The van der Waals surface area contributed by atoms with E-state index in [0.717, 1.165) is 12.2 Å². The van der Waals surface area contributed by atoms with Gasteiger partial charge in [-0.25, -0.2) is 9.97 Å². The Morgan fingerprint density at radius 1 is 0.968 bits per heavy atom. The van der Waals surface area contributed by atoms with E-state index in [1.54, 1.807) is 11.3 Å². The molecule has 31 heavy (non-hydrogen) atoms. The first-order chi connectivity index (χ1) is 14.3. The lowest BCUT2D eigenvalue weighted by molar-refractivity contribution is 0.388. The molecule has 0 radical (unpaired) electrons. The molecule has 2 heterocycles. The second-order valence-corrected chi connectivity index (χ2v) is 11.1. The topological polar surface area (TPSA) is 30.7 Å². The van der Waals surface area contributed by atoms with Crippen LogP contribution in [0.3, 0.4) is 0 Å². The van der Waals surface area contributed by atoms with Gasteiger partial charge >= 0.3 is 0 Å². The third-order valence-corrected chi connectivity index (χ3v) is 6.31. The lowest BCUT2D eigenvalue weighted by atomic mass is 9.93. The fourth-order valence-corrected chi connectivity index (χ4v) is 4.42. The third kappa shape index (κ3) is 8.60. The molecule has 0 aliphatic heterocycles. The van der Waals surface area contributed by atoms with Crippen LogP contribution < -0.4 is 0 Å². The van der Waals surface area contributed by atoms with Gasteiger partial charge in [0.05, 0.1) is 11.2 Å². The van der Waals surface area contributed by atoms with Crippen LogP contribution in [0.15, 0.2) is 42.2 Å². The summed E-state index contributed by atoms with van der Waals surface area (Å²) in [6.07, 6.45) is 4.89. The van der Waals surface area contributed by atoms with Crippen LogP contribution >= 0.6 is 11.3 Å². The predicted molar refractivity (Wildman–Crippen MR) is 137 cm³/mol. The fraction of sp³-hybridized carbons (Fsp3) is 0.556. The van der Waals surface area contributed by atoms with Crippen LogP contribution in [0.5, 0.6) is 0 Å². The zero-order chi connectivity index (χ0) is 23.8. The summed E-state index contributed by atoms with van der Waals surface area (Å²) in [6.45, 7) is 24.0. The second-order valence-electron chi connectivity index (χ2n) is 10.3. The zero-order valence-electron chi connectivity index (χ0n) is 21.6. The molecule has 0 amide bonds. The van der Waals surface area contributed by atoms with Crippen molar-refractivity contribution in [3.63, 3.8) is 0 Å². The van der Waals surface area contributed by atoms with E-state index in [1.807, 2.05) is 24.8 Å². The van der Waals surface area contributed by atoms with Crippen molar-refractivity contribution in [3.8, 4) is 0 Å². The molecule has 0 aliphatic carbocycles. The lowest BCUT2D eigenvalue weighted by Crippen LogP contribution is -2.21. The third-order valence-electron chi connectivity index (χ3n) is 5.02. The molecule has 0 atom stereocenters. The van der Waals surface area contributed by atoms with Crippen molar-refractivity contribution in [2.24, 2.45) is 0 Å². The van der Waals surface area contributed by atoms with Crippen LogP contribution in [0.25, 0.3) is 0 Å². The molecule has 0 bridgehead atoms. The van der Waals surface area contributed by atoms with E-state index in [0.29, 0.717) is 5.92 Å². The molecule has 0 spiro atoms. The lowest BCUT2D eigenvalue weighted by Gasteiger charge is -2.21. The van der Waals surface area contributed by atoms with Gasteiger partial charge in [-0.1, -0.05) is 65.8 Å². The number of thiazole rings is 1. The van der Waals surface area contributed by atoms with Gasteiger partial charge in [-0.15, -0.1) is 11.3 Å². The Hall–Kier alpha value is -1.94. The highest BCUT2D eigenvalue weighted by atomic mass is 32.1. The molecule has 0 N–H and O–H groups in total. The van der Waals surface area contributed by atoms with Crippen molar-refractivity contribution in [2.45, 2.75) is 99.5 Å². The number of aryl methyl sites for hydroxylation is 3. The predicted octanol–water partition coefficient (Wildman–Crippen LogP) is 8.07. The molecule has 0 aliphatic rings. The number of aromatic nitrogens is 3. The minimum Gasteiger partial charge on any atom is -0.330 e. The van der Waals surface area contributed by atoms with Crippen LogP contribution in [-0.2, 0) is 17.4 Å². The van der Waals surface area contributed by atoms with Crippen LogP contribution in [0.4, 0.5) is 0 Å². The molecule has 0 unspecified atom stereocenters. The van der Waals surface area contributed by atoms with Gasteiger partial charge in [-0.3, -0.25) is 0 Å². The highest BCUT2D eigenvalue weighted by Gasteiger charge is 2.19. The maximum absolute atomic E-state index is 4.32. The largest absolute Gasteiger partial charge is 0.330 e. The molecule has 1 aromatic carbocycles. The Morgan fingerprint density at radius 3 is 1.90 bits per heavy atom. The normalized spacial score (nSPS) is 11.5. The van der Waals surface area contributed by atoms with Crippen molar-refractivity contribution in [1.29, 1.82) is 0 Å². The monoisotopic (exact) mass is 441 g/mol. The van der Waals surface area contributed by atoms with Crippen molar-refractivity contribution in [1.82, 2.24) is 14.5 Å². The Labute approximate surface area is 195 Å². The smallest absolute Gasteiger partial charge is 0.105 e. The summed E-state index contributed by atoms with van der Waals surface area (Å²) >= 11 is 1.77. The summed E-state index contributed by atoms with van der Waals surface area (Å²) in [7, 11) is 0. The molecule has 3 nitrogen and oxygen atoms in total. The summed E-state index contributed by atoms with van der Waals surface area (Å²) < 4.78 is 2.16. The van der Waals surface area contributed by atoms with Gasteiger partial charge < -0.3 is 4.57 Å². The summed E-state index contributed by atoms with van der Waals surface area (Å²) in [5, 5.41) is 0. The molecular weight excluding hydrogens is 398 g/mol. The van der Waals surface area contributed by atoms with Gasteiger partial charge in [0, 0.05) is 22.8 Å². The molecule has 172 valence electrons. The number of imidazole rings is 1. The van der Waals surface area contributed by atoms with Crippen molar-refractivity contribution in [2.75, 3.05) is 0 Å². The Morgan fingerprint density at radius 2 is 1.58 bits per heavy atom. The Balaban J connectivity index is 0.000000233. The fourth-order valence-electron chi connectivity index (χ4n) is 3.45. The van der Waals surface area contributed by atoms with Crippen molar-refractivity contribution >= 4 is 11.3 Å². The van der Waals surface area contributed by atoms with E-state index in [4.69, 9.17) is 0 Å². The maximum Gasteiger partial charge on any atom is 0.105 e. The van der Waals surface area contributed by atoms with Crippen molar-refractivity contribution < 1.29 is 0 Å². The van der Waals surface area contributed by atoms with Gasteiger partial charge in [-0.2, -0.15) is 0 Å². The average Bonchev–Trinajstić information content (AvgIpc) is 3.31. The number of hydrogen-bond acceptors (Lipinski definition) is 3. The molecular formula is C27H43N3S. The first-order valence-electron chi connectivity index (χ1n) is 11.3. The van der Waals surface area contributed by atoms with Crippen molar-refractivity contribution in [3.05, 3.63) is 69.7 Å². The average molecular weight is 442 g/mol. The molecule has 2 aromatic heterocycles. The number of nitrogens with zero attached hydrogens (tertiary/aromatic N) is 3. The minimum absolute atomic E-state index is 0.167. The zero-order valence-corrected chi connectivity index (χ0v) is 22.4. The minimum atomic E-state index is 0.167. The van der Waals surface area contributed by atoms with E-state index >= 15 is 0 Å². The molecule has 0 fully saturated rings. The number of rotatable bonds is 2. The van der Waals surface area contributed by atoms with Gasteiger partial charge in [0.15, 0.2) is 0 Å². The standard InChI is InChI=1S/C10H14.C9H15NS.C8H14N2/c1-8(2)10-7-5-4-6-9(10)3;1-5-7-8(9(2,3)4)11-6-10-7;1-7-9-5-6-10(7)8(2,3)4/h4-8H,1-3H3;6H,5H2,1-4H3;5-6H,1-4H3. The van der Waals surface area contributed by atoms with E-state index in [-0.39, 0.29) is 11.0 Å². The first kappa shape index (κ1) is 27.1. The van der Waals surface area contributed by atoms with Gasteiger partial charge in [0.2, 0.25) is 0 Å². The highest BCUT2D eigenvalue weighted by Crippen LogP contribution is 2.29. The SMILES string of the molecule is CCc1ncsc1C(C)(C)C.Cc1ccccc1C(C)C.Cc1nccn1C(C)(C)C. The highest BCUT2D eigenvalue weighted by molar-refractivity contribution is 7.09. The van der Waals surface area contributed by atoms with Gasteiger partial charge in [0.1, 0.15) is 5.82 Å². The quantitative estimate of drug-likeness (QED) is 0.402. The van der Waals surface area contributed by atoms with Crippen LogP contribution in [0, 0.1) is 13.8 Å². The summed E-state index contributed by atoms with van der Waals surface area (Å²) in [5.74, 6) is 1.73. The number of hydrogen-bond donors (Lipinski definition) is 0. The first-order valence-corrected chi connectivity index (χ1v) is 12.2. The molecule has 3 rings (SSSR count).